The number of nitrogens with zero attached hydrogens (tertiary/aromatic N) is 1. The van der Waals surface area contributed by atoms with Gasteiger partial charge >= 0.3 is 0 Å². The van der Waals surface area contributed by atoms with Gasteiger partial charge in [-0.25, -0.2) is 0 Å². The van der Waals surface area contributed by atoms with Gasteiger partial charge < -0.3 is 19.9 Å². The van der Waals surface area contributed by atoms with Crippen LogP contribution in [-0.4, -0.2) is 36.3 Å². The summed E-state index contributed by atoms with van der Waals surface area (Å²) in [4.78, 5) is 11.6. The lowest BCUT2D eigenvalue weighted by Crippen LogP contribution is -2.35. The van der Waals surface area contributed by atoms with Crippen LogP contribution in [0.1, 0.15) is 18.4 Å². The van der Waals surface area contributed by atoms with Gasteiger partial charge in [0.15, 0.2) is 0 Å². The van der Waals surface area contributed by atoms with Crippen molar-refractivity contribution in [1.29, 1.82) is 0 Å². The van der Waals surface area contributed by atoms with Gasteiger partial charge in [-0.3, -0.25) is 4.79 Å². The lowest BCUT2D eigenvalue weighted by atomic mass is 10.1. The van der Waals surface area contributed by atoms with Crippen LogP contribution in [0, 0.1) is 0 Å². The first-order chi connectivity index (χ1) is 8.74. The Kier molecular flexibility index (Phi) is 4.78. The first-order valence-electron chi connectivity index (χ1n) is 6.44. The summed E-state index contributed by atoms with van der Waals surface area (Å²) in [5, 5.41) is 6.13. The molecule has 0 saturated carbocycles. The molecule has 1 fully saturated rings. The molecule has 18 heavy (non-hydrogen) atoms. The van der Waals surface area contributed by atoms with Crippen LogP contribution in [-0.2, 0) is 23.1 Å². The second-order valence-corrected chi connectivity index (χ2v) is 4.72. The summed E-state index contributed by atoms with van der Waals surface area (Å²) in [5.41, 5.74) is 1.10. The van der Waals surface area contributed by atoms with Gasteiger partial charge in [-0.1, -0.05) is 0 Å². The van der Waals surface area contributed by atoms with E-state index in [-0.39, 0.29) is 18.6 Å². The van der Waals surface area contributed by atoms with E-state index in [1.165, 1.54) is 0 Å². The second kappa shape index (κ2) is 6.56. The summed E-state index contributed by atoms with van der Waals surface area (Å²) in [6.07, 6.45) is 6.17. The highest BCUT2D eigenvalue weighted by atomic mass is 16.5. The molecule has 0 aromatic carbocycles. The van der Waals surface area contributed by atoms with Crippen molar-refractivity contribution >= 4 is 5.91 Å². The molecule has 2 rings (SSSR count). The summed E-state index contributed by atoms with van der Waals surface area (Å²) in [6, 6.07) is 1.99. The zero-order chi connectivity index (χ0) is 12.8. The smallest absolute Gasteiger partial charge is 0.246 e. The summed E-state index contributed by atoms with van der Waals surface area (Å²) in [6.45, 7) is 2.69. The van der Waals surface area contributed by atoms with Crippen molar-refractivity contribution in [1.82, 2.24) is 15.2 Å². The molecule has 0 aliphatic carbocycles. The molecular formula is C13H21N3O2. The minimum Gasteiger partial charge on any atom is -0.368 e. The Morgan fingerprint density at radius 2 is 2.33 bits per heavy atom. The van der Waals surface area contributed by atoms with E-state index in [0.717, 1.165) is 31.5 Å². The van der Waals surface area contributed by atoms with E-state index in [1.54, 1.807) is 0 Å². The first kappa shape index (κ1) is 13.1. The van der Waals surface area contributed by atoms with Crippen molar-refractivity contribution in [3.63, 3.8) is 0 Å². The van der Waals surface area contributed by atoms with Gasteiger partial charge in [-0.15, -0.1) is 0 Å². The molecule has 0 unspecified atom stereocenters. The Bertz CT molecular complexity index is 383. The number of amides is 1. The second-order valence-electron chi connectivity index (χ2n) is 4.72. The number of aryl methyl sites for hydroxylation is 1. The Morgan fingerprint density at radius 1 is 1.56 bits per heavy atom. The van der Waals surface area contributed by atoms with Crippen LogP contribution in [0.25, 0.3) is 0 Å². The van der Waals surface area contributed by atoms with Gasteiger partial charge in [0, 0.05) is 26.0 Å². The van der Waals surface area contributed by atoms with Gasteiger partial charge in [0.25, 0.3) is 0 Å². The number of piperidine rings is 1. The zero-order valence-electron chi connectivity index (χ0n) is 10.8. The minimum atomic E-state index is -0.0441. The molecule has 1 saturated heterocycles. The van der Waals surface area contributed by atoms with Crippen LogP contribution >= 0.6 is 0 Å². The summed E-state index contributed by atoms with van der Waals surface area (Å²) in [5.74, 6) is -0.0441. The molecule has 2 heterocycles. The van der Waals surface area contributed by atoms with Gasteiger partial charge in [-0.05, 0) is 37.6 Å². The van der Waals surface area contributed by atoms with Crippen molar-refractivity contribution < 1.29 is 9.53 Å². The van der Waals surface area contributed by atoms with Crippen LogP contribution in [0.2, 0.25) is 0 Å². The summed E-state index contributed by atoms with van der Waals surface area (Å²) < 4.78 is 7.55. The molecule has 5 heteroatoms. The largest absolute Gasteiger partial charge is 0.368 e. The highest BCUT2D eigenvalue weighted by molar-refractivity contribution is 5.77. The van der Waals surface area contributed by atoms with Gasteiger partial charge in [-0.2, -0.15) is 0 Å². The van der Waals surface area contributed by atoms with E-state index in [9.17, 15) is 4.79 Å². The molecule has 0 spiro atoms. The molecule has 1 amide bonds. The molecule has 1 aromatic heterocycles. The van der Waals surface area contributed by atoms with Crippen molar-refractivity contribution in [3.8, 4) is 0 Å². The van der Waals surface area contributed by atoms with Crippen LogP contribution in [0.5, 0.6) is 0 Å². The molecule has 100 valence electrons. The molecule has 0 atom stereocenters. The lowest BCUT2D eigenvalue weighted by Gasteiger charge is -2.22. The fourth-order valence-corrected chi connectivity index (χ4v) is 2.07. The maximum absolute atomic E-state index is 11.6. The van der Waals surface area contributed by atoms with Crippen molar-refractivity contribution in [3.05, 3.63) is 24.0 Å². The topological polar surface area (TPSA) is 55.3 Å². The number of aromatic nitrogens is 1. The van der Waals surface area contributed by atoms with Gasteiger partial charge in [0.2, 0.25) is 5.91 Å². The fourth-order valence-electron chi connectivity index (χ4n) is 2.07. The van der Waals surface area contributed by atoms with Crippen LogP contribution < -0.4 is 10.6 Å². The standard InChI is InChI=1S/C13H21N3O2/c1-16-7-4-11(9-16)8-15-13(17)10-18-12-2-5-14-6-3-12/h4,7,9,12,14H,2-3,5-6,8,10H2,1H3,(H,15,17). The number of nitrogens with one attached hydrogen (secondary N) is 2. The maximum atomic E-state index is 11.6. The number of carbonyl (C=O) groups excluding carboxylic acids is 1. The van der Waals surface area contributed by atoms with Crippen LogP contribution in [0.4, 0.5) is 0 Å². The number of ether oxygens (including phenoxy) is 1. The van der Waals surface area contributed by atoms with E-state index in [2.05, 4.69) is 10.6 Å². The highest BCUT2D eigenvalue weighted by Crippen LogP contribution is 2.06. The third-order valence-corrected chi connectivity index (χ3v) is 3.12. The highest BCUT2D eigenvalue weighted by Gasteiger charge is 2.14. The fraction of sp³-hybridized carbons (Fsp3) is 0.615. The Balaban J connectivity index is 1.62. The lowest BCUT2D eigenvalue weighted by molar-refractivity contribution is -0.128. The number of hydrogen-bond acceptors (Lipinski definition) is 3. The van der Waals surface area contributed by atoms with E-state index in [0.29, 0.717) is 6.54 Å². The monoisotopic (exact) mass is 251 g/mol. The number of carbonyl (C=O) groups is 1. The zero-order valence-corrected chi connectivity index (χ0v) is 10.8. The summed E-state index contributed by atoms with van der Waals surface area (Å²) >= 11 is 0. The quantitative estimate of drug-likeness (QED) is 0.797. The predicted octanol–water partition coefficient (Wildman–Crippen LogP) is 0.410. The van der Waals surface area contributed by atoms with Crippen LogP contribution in [0.3, 0.4) is 0 Å². The Hall–Kier alpha value is -1.33. The Labute approximate surface area is 108 Å². The molecule has 5 nitrogen and oxygen atoms in total. The molecule has 1 aliphatic heterocycles. The van der Waals surface area contributed by atoms with Crippen LogP contribution in [0.15, 0.2) is 18.5 Å². The summed E-state index contributed by atoms with van der Waals surface area (Å²) in [7, 11) is 1.96. The molecule has 2 N–H and O–H groups in total. The Morgan fingerprint density at radius 3 is 3.00 bits per heavy atom. The van der Waals surface area contributed by atoms with E-state index < -0.39 is 0 Å². The van der Waals surface area contributed by atoms with Gasteiger partial charge in [0.05, 0.1) is 6.10 Å². The minimum absolute atomic E-state index is 0.0441. The molecule has 1 aliphatic rings. The number of rotatable bonds is 5. The normalized spacial score (nSPS) is 16.7. The van der Waals surface area contributed by atoms with E-state index >= 15 is 0 Å². The van der Waals surface area contributed by atoms with E-state index in [4.69, 9.17) is 4.74 Å². The average molecular weight is 251 g/mol. The third kappa shape index (κ3) is 4.16. The number of hydrogen-bond donors (Lipinski definition) is 2. The van der Waals surface area contributed by atoms with Crippen molar-refractivity contribution in [2.75, 3.05) is 19.7 Å². The third-order valence-electron chi connectivity index (χ3n) is 3.12. The molecule has 1 aromatic rings. The molecular weight excluding hydrogens is 230 g/mol. The molecule has 0 radical (unpaired) electrons. The predicted molar refractivity (Wildman–Crippen MR) is 69.1 cm³/mol. The average Bonchev–Trinajstić information content (AvgIpc) is 2.81. The molecule has 0 bridgehead atoms. The SMILES string of the molecule is Cn1ccc(CNC(=O)COC2CCNCC2)c1. The first-order valence-corrected chi connectivity index (χ1v) is 6.44. The van der Waals surface area contributed by atoms with E-state index in [1.807, 2.05) is 30.1 Å². The van der Waals surface area contributed by atoms with Crippen molar-refractivity contribution in [2.24, 2.45) is 7.05 Å². The van der Waals surface area contributed by atoms with Gasteiger partial charge in [0.1, 0.15) is 6.61 Å². The maximum Gasteiger partial charge on any atom is 0.246 e. The van der Waals surface area contributed by atoms with Crippen molar-refractivity contribution in [2.45, 2.75) is 25.5 Å².